The Morgan fingerprint density at radius 1 is 1.07 bits per heavy atom. The molecule has 6 heteroatoms. The van der Waals surface area contributed by atoms with Crippen LogP contribution in [0.3, 0.4) is 0 Å². The van der Waals surface area contributed by atoms with Crippen molar-refractivity contribution in [3.63, 3.8) is 0 Å². The van der Waals surface area contributed by atoms with Gasteiger partial charge in [0.1, 0.15) is 5.82 Å². The molecule has 0 N–H and O–H groups in total. The molecule has 0 aliphatic carbocycles. The van der Waals surface area contributed by atoms with Crippen LogP contribution in [-0.4, -0.2) is 51.4 Å². The number of carbonyl (C=O) groups excluding carboxylic acids is 1. The van der Waals surface area contributed by atoms with E-state index in [1.54, 1.807) is 6.92 Å². The van der Waals surface area contributed by atoms with Gasteiger partial charge in [0.2, 0.25) is 5.91 Å². The lowest BCUT2D eigenvalue weighted by Gasteiger charge is -2.34. The van der Waals surface area contributed by atoms with E-state index in [0.717, 1.165) is 49.5 Å². The second-order valence-electron chi connectivity index (χ2n) is 7.84. The molecular weight excluding hydrogens is 379 g/mol. The molecule has 1 aliphatic heterocycles. The average Bonchev–Trinajstić information content (AvgIpc) is 3.22. The number of imidazole rings is 1. The average molecular weight is 407 g/mol. The van der Waals surface area contributed by atoms with E-state index in [4.69, 9.17) is 0 Å². The molecule has 2 aromatic carbocycles. The molecule has 1 amide bonds. The van der Waals surface area contributed by atoms with Crippen LogP contribution in [0.4, 0.5) is 4.39 Å². The number of halogens is 1. The summed E-state index contributed by atoms with van der Waals surface area (Å²) < 4.78 is 15.6. The van der Waals surface area contributed by atoms with Gasteiger partial charge in [-0.3, -0.25) is 9.69 Å². The third kappa shape index (κ3) is 4.28. The summed E-state index contributed by atoms with van der Waals surface area (Å²) in [6, 6.07) is 15.0. The third-order valence-electron chi connectivity index (χ3n) is 5.93. The molecule has 1 unspecified atom stereocenters. The van der Waals surface area contributed by atoms with Crippen LogP contribution < -0.4 is 0 Å². The highest BCUT2D eigenvalue weighted by Crippen LogP contribution is 2.31. The minimum Gasteiger partial charge on any atom is -0.340 e. The normalized spacial score (nSPS) is 15.9. The Balaban J connectivity index is 1.55. The Morgan fingerprint density at radius 3 is 2.47 bits per heavy atom. The molecule has 0 saturated carbocycles. The molecule has 0 spiro atoms. The Labute approximate surface area is 176 Å². The maximum absolute atomic E-state index is 13.4. The number of hydrogen-bond donors (Lipinski definition) is 0. The Morgan fingerprint density at radius 2 is 1.77 bits per heavy atom. The quantitative estimate of drug-likeness (QED) is 0.644. The number of aromatic nitrogens is 2. The molecule has 1 aromatic heterocycles. The van der Waals surface area contributed by atoms with E-state index in [1.807, 2.05) is 41.7 Å². The number of amides is 1. The van der Waals surface area contributed by atoms with Gasteiger partial charge in [0.25, 0.3) is 0 Å². The highest BCUT2D eigenvalue weighted by Gasteiger charge is 2.21. The van der Waals surface area contributed by atoms with Gasteiger partial charge in [0, 0.05) is 45.8 Å². The van der Waals surface area contributed by atoms with Crippen molar-refractivity contribution in [3.8, 4) is 11.1 Å². The number of carbonyl (C=O) groups is 1. The van der Waals surface area contributed by atoms with E-state index >= 15 is 0 Å². The number of rotatable bonds is 5. The van der Waals surface area contributed by atoms with E-state index < -0.39 is 0 Å². The molecule has 0 radical (unpaired) electrons. The predicted molar refractivity (Wildman–Crippen MR) is 115 cm³/mol. The van der Waals surface area contributed by atoms with Crippen molar-refractivity contribution < 1.29 is 9.18 Å². The van der Waals surface area contributed by atoms with Crippen molar-refractivity contribution in [3.05, 3.63) is 78.1 Å². The Hall–Kier alpha value is -2.99. The predicted octanol–water partition coefficient (Wildman–Crippen LogP) is 3.96. The van der Waals surface area contributed by atoms with E-state index in [2.05, 4.69) is 33.5 Å². The fourth-order valence-corrected chi connectivity index (χ4v) is 4.16. The zero-order valence-electron chi connectivity index (χ0n) is 17.5. The third-order valence-corrected chi connectivity index (χ3v) is 5.93. The van der Waals surface area contributed by atoms with Gasteiger partial charge in [0.05, 0.1) is 18.1 Å². The van der Waals surface area contributed by atoms with Crippen molar-refractivity contribution in [1.82, 2.24) is 19.4 Å². The molecule has 1 aliphatic rings. The lowest BCUT2D eigenvalue weighted by molar-refractivity contribution is -0.130. The second kappa shape index (κ2) is 8.79. The zero-order chi connectivity index (χ0) is 21.1. The van der Waals surface area contributed by atoms with Gasteiger partial charge >= 0.3 is 0 Å². The summed E-state index contributed by atoms with van der Waals surface area (Å²) in [6.45, 7) is 7.87. The van der Waals surface area contributed by atoms with Crippen molar-refractivity contribution in [1.29, 1.82) is 0 Å². The van der Waals surface area contributed by atoms with E-state index in [1.165, 1.54) is 17.7 Å². The first-order valence-electron chi connectivity index (χ1n) is 10.4. The van der Waals surface area contributed by atoms with Crippen LogP contribution in [0.1, 0.15) is 31.1 Å². The van der Waals surface area contributed by atoms with Gasteiger partial charge in [-0.2, -0.15) is 0 Å². The SMILES string of the molecule is CC(=O)N1CCN(Cc2cncn2C(C)c2ccccc2-c2ccc(F)cc2)CC1. The van der Waals surface area contributed by atoms with Gasteiger partial charge in [0.15, 0.2) is 0 Å². The number of benzene rings is 2. The van der Waals surface area contributed by atoms with Gasteiger partial charge in [-0.15, -0.1) is 0 Å². The summed E-state index contributed by atoms with van der Waals surface area (Å²) in [5, 5.41) is 0. The minimum absolute atomic E-state index is 0.0854. The molecule has 2 heterocycles. The molecule has 156 valence electrons. The first kappa shape index (κ1) is 20.3. The van der Waals surface area contributed by atoms with Crippen molar-refractivity contribution in [2.45, 2.75) is 26.4 Å². The molecule has 1 saturated heterocycles. The fourth-order valence-electron chi connectivity index (χ4n) is 4.16. The van der Waals surface area contributed by atoms with Crippen LogP contribution in [0, 0.1) is 5.82 Å². The summed E-state index contributed by atoms with van der Waals surface area (Å²) in [5.41, 5.74) is 4.41. The van der Waals surface area contributed by atoms with Crippen molar-refractivity contribution in [2.24, 2.45) is 0 Å². The standard InChI is InChI=1S/C24H27FN4O/c1-18(23-5-3-4-6-24(23)20-7-9-21(25)10-8-20)29-17-26-15-22(29)16-27-11-13-28(14-12-27)19(2)30/h3-10,15,17-18H,11-14,16H2,1-2H3. The summed E-state index contributed by atoms with van der Waals surface area (Å²) >= 11 is 0. The second-order valence-corrected chi connectivity index (χ2v) is 7.84. The first-order valence-corrected chi connectivity index (χ1v) is 10.4. The van der Waals surface area contributed by atoms with Crippen molar-refractivity contribution in [2.75, 3.05) is 26.2 Å². The zero-order valence-corrected chi connectivity index (χ0v) is 17.5. The molecule has 1 atom stereocenters. The maximum Gasteiger partial charge on any atom is 0.219 e. The molecule has 30 heavy (non-hydrogen) atoms. The van der Waals surface area contributed by atoms with E-state index in [-0.39, 0.29) is 17.8 Å². The highest BCUT2D eigenvalue weighted by molar-refractivity contribution is 5.73. The van der Waals surface area contributed by atoms with Crippen LogP contribution in [0.5, 0.6) is 0 Å². The summed E-state index contributed by atoms with van der Waals surface area (Å²) in [7, 11) is 0. The number of hydrogen-bond acceptors (Lipinski definition) is 3. The van der Waals surface area contributed by atoms with Crippen LogP contribution in [0.25, 0.3) is 11.1 Å². The molecule has 3 aromatic rings. The Bertz CT molecular complexity index is 1010. The van der Waals surface area contributed by atoms with Crippen LogP contribution in [0.2, 0.25) is 0 Å². The van der Waals surface area contributed by atoms with Gasteiger partial charge < -0.3 is 9.47 Å². The Kier molecular flexibility index (Phi) is 5.95. The largest absolute Gasteiger partial charge is 0.340 e. The summed E-state index contributed by atoms with van der Waals surface area (Å²) in [6.07, 6.45) is 3.81. The monoisotopic (exact) mass is 406 g/mol. The topological polar surface area (TPSA) is 41.4 Å². The fraction of sp³-hybridized carbons (Fsp3) is 0.333. The van der Waals surface area contributed by atoms with Crippen LogP contribution in [-0.2, 0) is 11.3 Å². The van der Waals surface area contributed by atoms with Gasteiger partial charge in [-0.05, 0) is 35.7 Å². The highest BCUT2D eigenvalue weighted by atomic mass is 19.1. The van der Waals surface area contributed by atoms with Crippen LogP contribution in [0.15, 0.2) is 61.1 Å². The molecule has 1 fully saturated rings. The van der Waals surface area contributed by atoms with E-state index in [9.17, 15) is 9.18 Å². The molecule has 4 rings (SSSR count). The smallest absolute Gasteiger partial charge is 0.219 e. The lowest BCUT2D eigenvalue weighted by Crippen LogP contribution is -2.47. The minimum atomic E-state index is -0.231. The first-order chi connectivity index (χ1) is 14.5. The summed E-state index contributed by atoms with van der Waals surface area (Å²) in [4.78, 5) is 20.2. The van der Waals surface area contributed by atoms with Crippen molar-refractivity contribution >= 4 is 5.91 Å². The van der Waals surface area contributed by atoms with Crippen LogP contribution >= 0.6 is 0 Å². The van der Waals surface area contributed by atoms with Gasteiger partial charge in [-0.1, -0.05) is 36.4 Å². The van der Waals surface area contributed by atoms with E-state index in [0.29, 0.717) is 0 Å². The number of nitrogens with zero attached hydrogens (tertiary/aromatic N) is 4. The lowest BCUT2D eigenvalue weighted by atomic mass is 9.95. The maximum atomic E-state index is 13.4. The molecule has 5 nitrogen and oxygen atoms in total. The number of piperazine rings is 1. The molecular formula is C24H27FN4O. The summed E-state index contributed by atoms with van der Waals surface area (Å²) in [5.74, 6) is -0.0863. The van der Waals surface area contributed by atoms with Gasteiger partial charge in [-0.25, -0.2) is 9.37 Å². The molecule has 0 bridgehead atoms.